The van der Waals surface area contributed by atoms with Crippen LogP contribution in [-0.4, -0.2) is 0 Å². The molecule has 2 aliphatic rings. The first-order chi connectivity index (χ1) is 6.29. The van der Waals surface area contributed by atoms with Gasteiger partial charge < -0.3 is 0 Å². The summed E-state index contributed by atoms with van der Waals surface area (Å²) in [6, 6.07) is 8.47. The van der Waals surface area contributed by atoms with Gasteiger partial charge in [0.25, 0.3) is 0 Å². The predicted molar refractivity (Wildman–Crippen MR) is 55.1 cm³/mol. The average Bonchev–Trinajstić information content (AvgIpc) is 2.52. The largest absolute Gasteiger partial charge is 0.0875 e. The van der Waals surface area contributed by atoms with Gasteiger partial charge in [-0.15, -0.1) is 0 Å². The number of benzene rings is 1. The molecular weight excluding hydrogens is 203 g/mol. The fraction of sp³-hybridized carbons (Fsp3) is 0.273. The van der Waals surface area contributed by atoms with Crippen LogP contribution in [0.3, 0.4) is 0 Å². The first-order valence-electron chi connectivity index (χ1n) is 4.42. The summed E-state index contributed by atoms with van der Waals surface area (Å²) in [5.41, 5.74) is 2.79. The summed E-state index contributed by atoms with van der Waals surface area (Å²) in [6.07, 6.45) is 1.07. The second-order valence-electron chi connectivity index (χ2n) is 3.68. The van der Waals surface area contributed by atoms with Crippen LogP contribution in [0.15, 0.2) is 34.3 Å². The molecule has 66 valence electrons. The van der Waals surface area contributed by atoms with E-state index in [9.17, 15) is 0 Å². The number of hydrogen-bond acceptors (Lipinski definition) is 0. The lowest BCUT2D eigenvalue weighted by atomic mass is 9.82. The maximum Gasteiger partial charge on any atom is 0.0410 e. The molecule has 1 aromatic carbocycles. The first kappa shape index (κ1) is 7.90. The van der Waals surface area contributed by atoms with Gasteiger partial charge in [-0.25, -0.2) is 0 Å². The van der Waals surface area contributed by atoms with E-state index in [0.29, 0.717) is 11.8 Å². The maximum atomic E-state index is 6.08. The molecule has 0 bridgehead atoms. The standard InChI is InChI=1S/C11H8Cl2/c12-10-8-5-6-3-1-2-4-7(6)9(8)11(10)13/h1-4,8-9H,5H2. The monoisotopic (exact) mass is 210 g/mol. The first-order valence-corrected chi connectivity index (χ1v) is 5.17. The Kier molecular flexibility index (Phi) is 1.53. The zero-order valence-corrected chi connectivity index (χ0v) is 8.44. The molecule has 0 fully saturated rings. The molecule has 0 saturated heterocycles. The zero-order chi connectivity index (χ0) is 9.00. The Morgan fingerprint density at radius 2 is 1.85 bits per heavy atom. The number of halogens is 2. The summed E-state index contributed by atoms with van der Waals surface area (Å²) >= 11 is 12.1. The Labute approximate surface area is 87.2 Å². The minimum absolute atomic E-state index is 0.408. The van der Waals surface area contributed by atoms with Crippen molar-refractivity contribution in [3.63, 3.8) is 0 Å². The smallest absolute Gasteiger partial charge is 0.0410 e. The van der Waals surface area contributed by atoms with Crippen molar-refractivity contribution in [2.45, 2.75) is 12.3 Å². The van der Waals surface area contributed by atoms with Crippen molar-refractivity contribution in [2.24, 2.45) is 5.92 Å². The van der Waals surface area contributed by atoms with E-state index in [2.05, 4.69) is 24.3 Å². The molecule has 2 atom stereocenters. The summed E-state index contributed by atoms with van der Waals surface area (Å²) in [5.74, 6) is 0.886. The van der Waals surface area contributed by atoms with E-state index in [-0.39, 0.29) is 0 Å². The third kappa shape index (κ3) is 0.880. The Hall–Kier alpha value is -0.460. The molecule has 0 spiro atoms. The lowest BCUT2D eigenvalue weighted by molar-refractivity contribution is 0.552. The highest BCUT2D eigenvalue weighted by Gasteiger charge is 2.45. The lowest BCUT2D eigenvalue weighted by Crippen LogP contribution is -2.19. The summed E-state index contributed by atoms with van der Waals surface area (Å²) in [6.45, 7) is 0. The van der Waals surface area contributed by atoms with E-state index in [1.54, 1.807) is 0 Å². The van der Waals surface area contributed by atoms with E-state index in [1.807, 2.05) is 0 Å². The molecule has 0 saturated carbocycles. The number of allylic oxidation sites excluding steroid dienone is 2. The fourth-order valence-corrected chi connectivity index (χ4v) is 3.10. The van der Waals surface area contributed by atoms with Crippen molar-refractivity contribution in [1.29, 1.82) is 0 Å². The Balaban J connectivity index is 2.13. The van der Waals surface area contributed by atoms with Gasteiger partial charge in [0.2, 0.25) is 0 Å². The van der Waals surface area contributed by atoms with Crippen LogP contribution in [0.1, 0.15) is 17.0 Å². The van der Waals surface area contributed by atoms with Crippen molar-refractivity contribution in [1.82, 2.24) is 0 Å². The highest BCUT2D eigenvalue weighted by atomic mass is 35.5. The van der Waals surface area contributed by atoms with Gasteiger partial charge in [-0.1, -0.05) is 47.5 Å². The average molecular weight is 211 g/mol. The van der Waals surface area contributed by atoms with Crippen LogP contribution in [0.25, 0.3) is 0 Å². The van der Waals surface area contributed by atoms with Gasteiger partial charge in [-0.3, -0.25) is 0 Å². The lowest BCUT2D eigenvalue weighted by Gasteiger charge is -2.30. The second-order valence-corrected chi connectivity index (χ2v) is 4.50. The van der Waals surface area contributed by atoms with Gasteiger partial charge in [0.05, 0.1) is 0 Å². The minimum Gasteiger partial charge on any atom is -0.0875 e. The maximum absolute atomic E-state index is 6.08. The van der Waals surface area contributed by atoms with E-state index in [4.69, 9.17) is 23.2 Å². The van der Waals surface area contributed by atoms with Crippen LogP contribution in [0, 0.1) is 5.92 Å². The molecule has 2 unspecified atom stereocenters. The highest BCUT2D eigenvalue weighted by molar-refractivity contribution is 6.41. The predicted octanol–water partition coefficient (Wildman–Crippen LogP) is 3.65. The number of hydrogen-bond donors (Lipinski definition) is 0. The topological polar surface area (TPSA) is 0 Å². The van der Waals surface area contributed by atoms with Gasteiger partial charge in [0, 0.05) is 21.9 Å². The molecule has 0 N–H and O–H groups in total. The molecule has 2 aliphatic carbocycles. The van der Waals surface area contributed by atoms with Crippen LogP contribution in [0.4, 0.5) is 0 Å². The van der Waals surface area contributed by atoms with Crippen molar-refractivity contribution in [2.75, 3.05) is 0 Å². The van der Waals surface area contributed by atoms with Crippen LogP contribution in [0.5, 0.6) is 0 Å². The molecule has 3 rings (SSSR count). The van der Waals surface area contributed by atoms with Gasteiger partial charge >= 0.3 is 0 Å². The second kappa shape index (κ2) is 2.52. The molecule has 0 aliphatic heterocycles. The van der Waals surface area contributed by atoms with E-state index in [0.717, 1.165) is 16.5 Å². The summed E-state index contributed by atoms with van der Waals surface area (Å²) in [5, 5.41) is 1.74. The fourth-order valence-electron chi connectivity index (χ4n) is 2.37. The van der Waals surface area contributed by atoms with Crippen molar-refractivity contribution >= 4 is 23.2 Å². The normalized spacial score (nSPS) is 29.7. The highest BCUT2D eigenvalue weighted by Crippen LogP contribution is 2.57. The zero-order valence-electron chi connectivity index (χ0n) is 6.93. The SMILES string of the molecule is ClC1=C(Cl)C2c3ccccc3CC12. The summed E-state index contributed by atoms with van der Waals surface area (Å²) in [4.78, 5) is 0. The molecule has 0 heterocycles. The molecule has 0 aromatic heterocycles. The van der Waals surface area contributed by atoms with E-state index >= 15 is 0 Å². The van der Waals surface area contributed by atoms with Gasteiger partial charge in [-0.2, -0.15) is 0 Å². The molecule has 0 nitrogen and oxygen atoms in total. The molecule has 0 amide bonds. The Morgan fingerprint density at radius 3 is 2.69 bits per heavy atom. The number of rotatable bonds is 0. The minimum atomic E-state index is 0.408. The third-order valence-corrected chi connectivity index (χ3v) is 4.08. The third-order valence-electron chi connectivity index (χ3n) is 3.06. The molecular formula is C11H8Cl2. The van der Waals surface area contributed by atoms with Crippen molar-refractivity contribution in [3.05, 3.63) is 45.5 Å². The quantitative estimate of drug-likeness (QED) is 0.614. The Morgan fingerprint density at radius 1 is 1.08 bits per heavy atom. The van der Waals surface area contributed by atoms with E-state index < -0.39 is 0 Å². The van der Waals surface area contributed by atoms with E-state index in [1.165, 1.54) is 11.1 Å². The van der Waals surface area contributed by atoms with Gasteiger partial charge in [-0.05, 0) is 17.5 Å². The van der Waals surface area contributed by atoms with Crippen LogP contribution >= 0.6 is 23.2 Å². The molecule has 2 heteroatoms. The number of fused-ring (bicyclic) bond motifs is 3. The molecule has 1 aromatic rings. The summed E-state index contributed by atoms with van der Waals surface area (Å²) in [7, 11) is 0. The Bertz CT molecular complexity index is 406. The van der Waals surface area contributed by atoms with Crippen LogP contribution in [0.2, 0.25) is 0 Å². The van der Waals surface area contributed by atoms with Crippen molar-refractivity contribution < 1.29 is 0 Å². The molecule has 13 heavy (non-hydrogen) atoms. The molecule has 0 radical (unpaired) electrons. The van der Waals surface area contributed by atoms with Crippen LogP contribution in [-0.2, 0) is 6.42 Å². The van der Waals surface area contributed by atoms with Crippen molar-refractivity contribution in [3.8, 4) is 0 Å². The van der Waals surface area contributed by atoms with Gasteiger partial charge in [0.1, 0.15) is 0 Å². The van der Waals surface area contributed by atoms with Crippen LogP contribution < -0.4 is 0 Å². The van der Waals surface area contributed by atoms with Gasteiger partial charge in [0.15, 0.2) is 0 Å². The summed E-state index contributed by atoms with van der Waals surface area (Å²) < 4.78 is 0.